The fraction of sp³-hybridized carbons (Fsp3) is 0.333. The van der Waals surface area contributed by atoms with Crippen molar-refractivity contribution in [2.75, 3.05) is 5.75 Å². The van der Waals surface area contributed by atoms with Crippen LogP contribution in [0, 0.1) is 0 Å². The number of nitrogens with zero attached hydrogens (tertiary/aromatic N) is 3. The lowest BCUT2D eigenvalue weighted by Crippen LogP contribution is -2.06. The number of rotatable bonds is 3. The molecule has 5 heteroatoms. The van der Waals surface area contributed by atoms with Crippen molar-refractivity contribution in [3.05, 3.63) is 46.5 Å². The van der Waals surface area contributed by atoms with E-state index in [1.54, 1.807) is 11.3 Å². The number of hydrogen-bond donors (Lipinski definition) is 0. The summed E-state index contributed by atoms with van der Waals surface area (Å²) in [5, 5.41) is 2.66. The SMILES string of the molecule is c1csc(Cn2c(C3CCCS3)nc3cccnc32)c1. The van der Waals surface area contributed by atoms with E-state index in [0.717, 1.165) is 17.7 Å². The van der Waals surface area contributed by atoms with Crippen LogP contribution in [-0.4, -0.2) is 20.3 Å². The molecule has 4 heterocycles. The number of aromatic nitrogens is 3. The number of thiophene rings is 1. The van der Waals surface area contributed by atoms with Crippen molar-refractivity contribution in [1.29, 1.82) is 0 Å². The molecule has 3 nitrogen and oxygen atoms in total. The van der Waals surface area contributed by atoms with E-state index in [9.17, 15) is 0 Å². The number of pyridine rings is 1. The van der Waals surface area contributed by atoms with Crippen molar-refractivity contribution in [2.45, 2.75) is 24.6 Å². The minimum Gasteiger partial charge on any atom is -0.306 e. The van der Waals surface area contributed by atoms with Crippen LogP contribution >= 0.6 is 23.1 Å². The van der Waals surface area contributed by atoms with Gasteiger partial charge in [-0.05, 0) is 42.2 Å². The van der Waals surface area contributed by atoms with Crippen molar-refractivity contribution in [3.8, 4) is 0 Å². The average molecular weight is 301 g/mol. The molecule has 0 aliphatic carbocycles. The first-order chi connectivity index (χ1) is 9.92. The van der Waals surface area contributed by atoms with Crippen LogP contribution in [0.15, 0.2) is 35.8 Å². The smallest absolute Gasteiger partial charge is 0.160 e. The average Bonchev–Trinajstić information content (AvgIpc) is 3.19. The Morgan fingerprint density at radius 1 is 1.30 bits per heavy atom. The Balaban J connectivity index is 1.83. The number of imidazole rings is 1. The minimum atomic E-state index is 0.532. The van der Waals surface area contributed by atoms with Gasteiger partial charge in [-0.1, -0.05) is 6.07 Å². The Bertz CT molecular complexity index is 712. The molecule has 1 aliphatic heterocycles. The van der Waals surface area contributed by atoms with Crippen molar-refractivity contribution in [3.63, 3.8) is 0 Å². The molecule has 3 aromatic rings. The molecule has 0 aromatic carbocycles. The molecule has 4 rings (SSSR count). The Hall–Kier alpha value is -1.33. The summed E-state index contributed by atoms with van der Waals surface area (Å²) in [6.45, 7) is 0.886. The van der Waals surface area contributed by atoms with Gasteiger partial charge in [-0.25, -0.2) is 9.97 Å². The maximum Gasteiger partial charge on any atom is 0.160 e. The largest absolute Gasteiger partial charge is 0.306 e. The second-order valence-corrected chi connectivity index (χ2v) is 7.33. The molecule has 0 amide bonds. The first-order valence-corrected chi connectivity index (χ1v) is 8.80. The molecular weight excluding hydrogens is 286 g/mol. The van der Waals surface area contributed by atoms with Crippen molar-refractivity contribution in [1.82, 2.24) is 14.5 Å². The van der Waals surface area contributed by atoms with Gasteiger partial charge in [-0.15, -0.1) is 11.3 Å². The second-order valence-electron chi connectivity index (χ2n) is 4.98. The predicted octanol–water partition coefficient (Wildman–Crippen LogP) is 4.11. The first-order valence-electron chi connectivity index (χ1n) is 6.87. The highest BCUT2D eigenvalue weighted by Crippen LogP contribution is 2.40. The van der Waals surface area contributed by atoms with E-state index >= 15 is 0 Å². The van der Waals surface area contributed by atoms with Gasteiger partial charge < -0.3 is 4.57 Å². The quantitative estimate of drug-likeness (QED) is 0.729. The Morgan fingerprint density at radius 2 is 2.30 bits per heavy atom. The first kappa shape index (κ1) is 12.4. The third-order valence-electron chi connectivity index (χ3n) is 3.65. The monoisotopic (exact) mass is 301 g/mol. The molecule has 1 atom stereocenters. The summed E-state index contributed by atoms with van der Waals surface area (Å²) in [5.74, 6) is 2.45. The normalized spacial score (nSPS) is 18.9. The lowest BCUT2D eigenvalue weighted by atomic mass is 10.2. The summed E-state index contributed by atoms with van der Waals surface area (Å²) < 4.78 is 2.31. The molecule has 1 aliphatic rings. The lowest BCUT2D eigenvalue weighted by molar-refractivity contribution is 0.701. The Kier molecular flexibility index (Phi) is 3.24. The summed E-state index contributed by atoms with van der Waals surface area (Å²) in [4.78, 5) is 10.8. The van der Waals surface area contributed by atoms with Gasteiger partial charge in [0.05, 0.1) is 11.8 Å². The van der Waals surface area contributed by atoms with Gasteiger partial charge in [0.1, 0.15) is 11.3 Å². The highest BCUT2D eigenvalue weighted by Gasteiger charge is 2.24. The lowest BCUT2D eigenvalue weighted by Gasteiger charge is -2.11. The van der Waals surface area contributed by atoms with Gasteiger partial charge in [-0.3, -0.25) is 0 Å². The van der Waals surface area contributed by atoms with Crippen LogP contribution in [0.4, 0.5) is 0 Å². The van der Waals surface area contributed by atoms with Gasteiger partial charge in [0, 0.05) is 11.1 Å². The molecule has 0 saturated carbocycles. The van der Waals surface area contributed by atoms with E-state index in [0.29, 0.717) is 5.25 Å². The van der Waals surface area contributed by atoms with E-state index < -0.39 is 0 Å². The van der Waals surface area contributed by atoms with Crippen molar-refractivity contribution >= 4 is 34.3 Å². The van der Waals surface area contributed by atoms with Crippen LogP contribution in [-0.2, 0) is 6.54 Å². The van der Waals surface area contributed by atoms with Gasteiger partial charge in [0.2, 0.25) is 0 Å². The van der Waals surface area contributed by atoms with E-state index in [1.165, 1.54) is 29.3 Å². The topological polar surface area (TPSA) is 30.7 Å². The van der Waals surface area contributed by atoms with E-state index in [-0.39, 0.29) is 0 Å². The van der Waals surface area contributed by atoms with Crippen LogP contribution in [0.5, 0.6) is 0 Å². The summed E-state index contributed by atoms with van der Waals surface area (Å²) in [7, 11) is 0. The molecule has 20 heavy (non-hydrogen) atoms. The molecule has 0 N–H and O–H groups in total. The van der Waals surface area contributed by atoms with Crippen LogP contribution < -0.4 is 0 Å². The highest BCUT2D eigenvalue weighted by atomic mass is 32.2. The van der Waals surface area contributed by atoms with Crippen LogP contribution in [0.1, 0.15) is 28.8 Å². The van der Waals surface area contributed by atoms with Gasteiger partial charge in [-0.2, -0.15) is 11.8 Å². The minimum absolute atomic E-state index is 0.532. The zero-order chi connectivity index (χ0) is 13.4. The third kappa shape index (κ3) is 2.15. The molecule has 0 bridgehead atoms. The summed E-state index contributed by atoms with van der Waals surface area (Å²) >= 11 is 3.83. The Labute approximate surface area is 126 Å². The number of fused-ring (bicyclic) bond motifs is 1. The van der Waals surface area contributed by atoms with E-state index in [2.05, 4.69) is 33.1 Å². The molecule has 102 valence electrons. The number of hydrogen-bond acceptors (Lipinski definition) is 4. The molecule has 1 fully saturated rings. The predicted molar refractivity (Wildman–Crippen MR) is 85.4 cm³/mol. The van der Waals surface area contributed by atoms with Crippen LogP contribution in [0.3, 0.4) is 0 Å². The van der Waals surface area contributed by atoms with Crippen LogP contribution in [0.25, 0.3) is 11.2 Å². The third-order valence-corrected chi connectivity index (χ3v) is 5.88. The molecule has 1 unspecified atom stereocenters. The zero-order valence-electron chi connectivity index (χ0n) is 11.0. The molecule has 1 saturated heterocycles. The summed E-state index contributed by atoms with van der Waals surface area (Å²) in [6, 6.07) is 8.33. The molecule has 0 radical (unpaired) electrons. The molecule has 0 spiro atoms. The Morgan fingerprint density at radius 3 is 3.10 bits per heavy atom. The standard InChI is InChI=1S/C15H15N3S2/c1-5-12-14(16-7-1)18(10-11-4-2-8-19-11)15(17-12)13-6-3-9-20-13/h1-2,4-5,7-8,13H,3,6,9-10H2. The molecule has 3 aromatic heterocycles. The van der Waals surface area contributed by atoms with Crippen molar-refractivity contribution in [2.24, 2.45) is 0 Å². The fourth-order valence-corrected chi connectivity index (χ4v) is 4.69. The maximum atomic E-state index is 4.86. The summed E-state index contributed by atoms with van der Waals surface area (Å²) in [6.07, 6.45) is 4.39. The maximum absolute atomic E-state index is 4.86. The fourth-order valence-electron chi connectivity index (χ4n) is 2.72. The van der Waals surface area contributed by atoms with E-state index in [1.807, 2.05) is 24.0 Å². The van der Waals surface area contributed by atoms with Gasteiger partial charge >= 0.3 is 0 Å². The summed E-state index contributed by atoms with van der Waals surface area (Å²) in [5.41, 5.74) is 2.04. The van der Waals surface area contributed by atoms with Crippen molar-refractivity contribution < 1.29 is 0 Å². The van der Waals surface area contributed by atoms with E-state index in [4.69, 9.17) is 4.98 Å². The van der Waals surface area contributed by atoms with Gasteiger partial charge in [0.15, 0.2) is 5.65 Å². The highest BCUT2D eigenvalue weighted by molar-refractivity contribution is 7.99. The van der Waals surface area contributed by atoms with Crippen LogP contribution in [0.2, 0.25) is 0 Å². The number of thioether (sulfide) groups is 1. The zero-order valence-corrected chi connectivity index (χ0v) is 12.7. The molecular formula is C15H15N3S2. The second kappa shape index (κ2) is 5.22. The van der Waals surface area contributed by atoms with Gasteiger partial charge in [0.25, 0.3) is 0 Å².